The van der Waals surface area contributed by atoms with Gasteiger partial charge in [0.15, 0.2) is 0 Å². The third-order valence-electron chi connectivity index (χ3n) is 10.1. The quantitative estimate of drug-likeness (QED) is 0.173. The fourth-order valence-electron chi connectivity index (χ4n) is 8.12. The molecule has 2 aliphatic heterocycles. The lowest BCUT2D eigenvalue weighted by molar-refractivity contribution is -0.173. The van der Waals surface area contributed by atoms with Crippen LogP contribution in [0, 0.1) is 23.7 Å². The summed E-state index contributed by atoms with van der Waals surface area (Å²) < 4.78 is 11.0. The predicted molar refractivity (Wildman–Crippen MR) is 173 cm³/mol. The summed E-state index contributed by atoms with van der Waals surface area (Å²) in [4.78, 5) is 56.1. The number of hydroxylamine groups is 2. The van der Waals surface area contributed by atoms with Gasteiger partial charge in [-0.2, -0.15) is 10.1 Å². The van der Waals surface area contributed by atoms with Gasteiger partial charge in [0, 0.05) is 10.9 Å². The molecular formula is C35H31Cl2N3O8. The van der Waals surface area contributed by atoms with Gasteiger partial charge in [0.25, 0.3) is 23.6 Å². The molecule has 248 valence electrons. The minimum Gasteiger partial charge on any atom is -0.497 e. The van der Waals surface area contributed by atoms with E-state index in [2.05, 4.69) is 5.43 Å². The zero-order valence-electron chi connectivity index (χ0n) is 25.6. The molecule has 2 saturated heterocycles. The number of hydrazine groups is 1. The van der Waals surface area contributed by atoms with Crippen molar-refractivity contribution in [2.75, 3.05) is 25.7 Å². The number of nitrogens with zero attached hydrogens (tertiary/aromatic N) is 2. The van der Waals surface area contributed by atoms with E-state index >= 15 is 4.79 Å². The molecule has 11 nitrogen and oxygen atoms in total. The summed E-state index contributed by atoms with van der Waals surface area (Å²) in [6.07, 6.45) is 2.14. The second kappa shape index (κ2) is 12.2. The first-order valence-electron chi connectivity index (χ1n) is 15.5. The number of benzene rings is 3. The number of carbonyl (C=O) groups is 4. The average Bonchev–Trinajstić information content (AvgIpc) is 3.45. The summed E-state index contributed by atoms with van der Waals surface area (Å²) in [7, 11) is 1.53. The van der Waals surface area contributed by atoms with Crippen LogP contribution in [-0.2, 0) is 24.6 Å². The Hall–Kier alpha value is -4.42. The second-order valence-electron chi connectivity index (χ2n) is 12.3. The van der Waals surface area contributed by atoms with E-state index in [0.29, 0.717) is 27.6 Å². The Balaban J connectivity index is 1.44. The summed E-state index contributed by atoms with van der Waals surface area (Å²) in [6.45, 7) is -0.0823. The maximum atomic E-state index is 15.2. The zero-order chi connectivity index (χ0) is 33.9. The number of halogens is 2. The molecule has 4 amide bonds. The number of methoxy groups -OCH3 is 1. The second-order valence-corrected chi connectivity index (χ2v) is 13.2. The number of aliphatic hydroxyl groups is 1. The van der Waals surface area contributed by atoms with Crippen LogP contribution >= 0.6 is 23.2 Å². The van der Waals surface area contributed by atoms with Crippen molar-refractivity contribution in [1.29, 1.82) is 0 Å². The maximum Gasteiger partial charge on any atom is 0.260 e. The largest absolute Gasteiger partial charge is 0.497 e. The van der Waals surface area contributed by atoms with Gasteiger partial charge in [-0.1, -0.05) is 59.1 Å². The highest BCUT2D eigenvalue weighted by Crippen LogP contribution is 2.64. The van der Waals surface area contributed by atoms with Crippen LogP contribution in [0.5, 0.6) is 11.5 Å². The molecule has 0 aromatic heterocycles. The molecule has 13 heteroatoms. The van der Waals surface area contributed by atoms with E-state index in [-0.39, 0.29) is 41.8 Å². The summed E-state index contributed by atoms with van der Waals surface area (Å²) in [5.41, 5.74) is 3.69. The van der Waals surface area contributed by atoms with Gasteiger partial charge >= 0.3 is 0 Å². The number of hydrogen-bond acceptors (Lipinski definition) is 9. The van der Waals surface area contributed by atoms with Crippen molar-refractivity contribution in [3.05, 3.63) is 99.6 Å². The lowest BCUT2D eigenvalue weighted by Crippen LogP contribution is -2.53. The van der Waals surface area contributed by atoms with Gasteiger partial charge < -0.3 is 14.6 Å². The molecule has 1 saturated carbocycles. The van der Waals surface area contributed by atoms with E-state index in [1.807, 2.05) is 6.08 Å². The van der Waals surface area contributed by atoms with E-state index in [0.717, 1.165) is 10.6 Å². The molecule has 6 atom stereocenters. The molecule has 3 N–H and O–H groups in total. The Morgan fingerprint density at radius 2 is 1.62 bits per heavy atom. The molecule has 2 aliphatic carbocycles. The van der Waals surface area contributed by atoms with Crippen molar-refractivity contribution < 1.29 is 39.0 Å². The highest BCUT2D eigenvalue weighted by molar-refractivity contribution is 6.36. The van der Waals surface area contributed by atoms with Crippen LogP contribution in [0.25, 0.3) is 0 Å². The van der Waals surface area contributed by atoms with Crippen molar-refractivity contribution in [2.24, 2.45) is 23.7 Å². The van der Waals surface area contributed by atoms with Gasteiger partial charge in [-0.25, -0.2) is 0 Å². The van der Waals surface area contributed by atoms with Crippen LogP contribution in [0.3, 0.4) is 0 Å². The predicted octanol–water partition coefficient (Wildman–Crippen LogP) is 4.75. The van der Waals surface area contributed by atoms with Gasteiger partial charge in [-0.3, -0.25) is 29.8 Å². The number of aliphatic hydroxyl groups excluding tert-OH is 1. The zero-order valence-corrected chi connectivity index (χ0v) is 27.1. The number of nitrogens with one attached hydrogen (secondary N) is 1. The Labute approximate surface area is 285 Å². The van der Waals surface area contributed by atoms with Gasteiger partial charge in [-0.15, -0.1) is 0 Å². The summed E-state index contributed by atoms with van der Waals surface area (Å²) in [5, 5.41) is 21.4. The van der Waals surface area contributed by atoms with Crippen LogP contribution in [-0.4, -0.2) is 64.3 Å². The molecule has 0 spiro atoms. The molecule has 48 heavy (non-hydrogen) atoms. The van der Waals surface area contributed by atoms with Gasteiger partial charge in [0.2, 0.25) is 0 Å². The van der Waals surface area contributed by atoms with E-state index in [4.69, 9.17) is 32.7 Å². The number of imide groups is 2. The van der Waals surface area contributed by atoms with E-state index in [9.17, 15) is 24.7 Å². The van der Waals surface area contributed by atoms with E-state index < -0.39 is 58.6 Å². The maximum absolute atomic E-state index is 15.2. The summed E-state index contributed by atoms with van der Waals surface area (Å²) >= 11 is 12.6. The number of rotatable bonds is 8. The summed E-state index contributed by atoms with van der Waals surface area (Å²) in [5.74, 6) is -5.49. The third-order valence-corrected chi connectivity index (χ3v) is 10.7. The van der Waals surface area contributed by atoms with Gasteiger partial charge in [0.05, 0.1) is 47.6 Å². The number of ether oxygens (including phenoxy) is 2. The minimum absolute atomic E-state index is 0.0667. The lowest BCUT2D eigenvalue weighted by Gasteiger charge is -2.50. The monoisotopic (exact) mass is 691 g/mol. The smallest absolute Gasteiger partial charge is 0.260 e. The van der Waals surface area contributed by atoms with Crippen molar-refractivity contribution in [3.8, 4) is 11.5 Å². The molecule has 3 aromatic carbocycles. The fraction of sp³-hybridized carbons (Fsp3) is 0.314. The number of fused-ring (bicyclic) bond motifs is 4. The van der Waals surface area contributed by atoms with Crippen molar-refractivity contribution >= 4 is 52.5 Å². The molecule has 0 radical (unpaired) electrons. The number of carbonyl (C=O) groups excluding carboxylic acids is 4. The van der Waals surface area contributed by atoms with Gasteiger partial charge in [0.1, 0.15) is 18.1 Å². The van der Waals surface area contributed by atoms with Crippen molar-refractivity contribution in [2.45, 2.75) is 24.2 Å². The highest BCUT2D eigenvalue weighted by Gasteiger charge is 2.70. The SMILES string of the molecule is COc1ccc(C23C(=O)N(Nc4ccc(Cl)cc4Cl)C(=O)C2CC2C(=CCC4C(=O)N(O)C(=O)C42)C3c2ccc(OCCO)cc2)cc1. The first-order chi connectivity index (χ1) is 23.1. The number of hydrogen-bond donors (Lipinski definition) is 3. The number of anilines is 1. The fourth-order valence-corrected chi connectivity index (χ4v) is 8.57. The lowest BCUT2D eigenvalue weighted by atomic mass is 9.49. The Morgan fingerprint density at radius 1 is 0.917 bits per heavy atom. The number of allylic oxidation sites excluding steroid dienone is 2. The highest BCUT2D eigenvalue weighted by atomic mass is 35.5. The standard InChI is InChI=1S/C35H31Cl2N3O8/c1-47-21-9-4-19(5-10-21)35-26(32(43)39(34(35)45)38-28-13-6-20(36)16-27(28)37)17-25-23(11-12-24-29(25)33(44)40(46)31(24)42)30(35)18-2-7-22(8-3-18)48-15-14-41/h2-11,13,16,24-26,29-30,38,41,46H,12,14-15,17H2,1H3. The topological polar surface area (TPSA) is 146 Å². The van der Waals surface area contributed by atoms with Crippen LogP contribution in [0.2, 0.25) is 10.0 Å². The Kier molecular flexibility index (Phi) is 8.19. The van der Waals surface area contributed by atoms with Crippen molar-refractivity contribution in [3.63, 3.8) is 0 Å². The Bertz CT molecular complexity index is 1850. The minimum atomic E-state index is -1.51. The van der Waals surface area contributed by atoms with E-state index in [1.54, 1.807) is 60.7 Å². The normalized spacial score (nSPS) is 27.8. The average molecular weight is 693 g/mol. The number of amides is 4. The molecule has 3 aromatic rings. The molecule has 0 bridgehead atoms. The molecule has 6 unspecified atom stereocenters. The summed E-state index contributed by atoms with van der Waals surface area (Å²) in [6, 6.07) is 18.7. The molecule has 2 heterocycles. The van der Waals surface area contributed by atoms with Crippen LogP contribution < -0.4 is 14.9 Å². The molecule has 4 aliphatic rings. The first kappa shape index (κ1) is 32.1. The molecular weight excluding hydrogens is 661 g/mol. The van der Waals surface area contributed by atoms with Gasteiger partial charge in [-0.05, 0) is 72.4 Å². The van der Waals surface area contributed by atoms with Crippen LogP contribution in [0.15, 0.2) is 78.4 Å². The molecule has 7 rings (SSSR count). The molecule has 3 fully saturated rings. The van der Waals surface area contributed by atoms with E-state index in [1.165, 1.54) is 13.2 Å². The first-order valence-corrected chi connectivity index (χ1v) is 16.2. The third kappa shape index (κ3) is 4.79. The Morgan fingerprint density at radius 3 is 2.29 bits per heavy atom. The van der Waals surface area contributed by atoms with Crippen molar-refractivity contribution in [1.82, 2.24) is 10.1 Å². The van der Waals surface area contributed by atoms with Crippen LogP contribution in [0.4, 0.5) is 5.69 Å². The van der Waals surface area contributed by atoms with Crippen LogP contribution in [0.1, 0.15) is 29.9 Å².